The molecule has 0 amide bonds. The zero-order valence-corrected chi connectivity index (χ0v) is 7.55. The third-order valence-corrected chi connectivity index (χ3v) is 2.85. The zero-order chi connectivity index (χ0) is 8.86. The standard InChI is InChI=1S/C10H17NO/c11-8-10(9-12)6-4-2-1-3-5-7-10/h12H,1-7,9H2. The molecular formula is C10H17NO. The highest BCUT2D eigenvalue weighted by molar-refractivity contribution is 4.98. The van der Waals surface area contributed by atoms with Crippen molar-refractivity contribution in [2.24, 2.45) is 5.41 Å². The average molecular weight is 167 g/mol. The fourth-order valence-electron chi connectivity index (χ4n) is 1.89. The van der Waals surface area contributed by atoms with E-state index in [9.17, 15) is 0 Å². The van der Waals surface area contributed by atoms with E-state index in [1.54, 1.807) is 0 Å². The van der Waals surface area contributed by atoms with E-state index in [0.29, 0.717) is 0 Å². The summed E-state index contributed by atoms with van der Waals surface area (Å²) in [5.74, 6) is 0. The van der Waals surface area contributed by atoms with Crippen molar-refractivity contribution in [3.63, 3.8) is 0 Å². The first-order valence-corrected chi connectivity index (χ1v) is 4.85. The lowest BCUT2D eigenvalue weighted by atomic mass is 9.78. The van der Waals surface area contributed by atoms with Gasteiger partial charge in [0.15, 0.2) is 0 Å². The molecule has 0 aromatic carbocycles. The van der Waals surface area contributed by atoms with Crippen LogP contribution in [0.3, 0.4) is 0 Å². The first-order chi connectivity index (χ1) is 5.83. The number of nitrogens with zero attached hydrogens (tertiary/aromatic N) is 1. The monoisotopic (exact) mass is 167 g/mol. The number of hydrogen-bond acceptors (Lipinski definition) is 2. The highest BCUT2D eigenvalue weighted by atomic mass is 16.3. The van der Waals surface area contributed by atoms with E-state index in [0.717, 1.165) is 25.7 Å². The molecule has 68 valence electrons. The third-order valence-electron chi connectivity index (χ3n) is 2.85. The maximum absolute atomic E-state index is 9.14. The highest BCUT2D eigenvalue weighted by Crippen LogP contribution is 2.32. The molecule has 0 aliphatic heterocycles. The van der Waals surface area contributed by atoms with Gasteiger partial charge in [-0.05, 0) is 12.8 Å². The van der Waals surface area contributed by atoms with Crippen LogP contribution >= 0.6 is 0 Å². The van der Waals surface area contributed by atoms with Crippen LogP contribution in [0.5, 0.6) is 0 Å². The van der Waals surface area contributed by atoms with Crippen molar-refractivity contribution in [3.05, 3.63) is 0 Å². The predicted octanol–water partition coefficient (Wildman–Crippen LogP) is 2.23. The third kappa shape index (κ3) is 2.22. The van der Waals surface area contributed by atoms with Gasteiger partial charge in [-0.1, -0.05) is 32.1 Å². The van der Waals surface area contributed by atoms with Gasteiger partial charge in [-0.2, -0.15) is 5.26 Å². The Morgan fingerprint density at radius 2 is 1.58 bits per heavy atom. The Hall–Kier alpha value is -0.550. The molecule has 0 spiro atoms. The number of hydrogen-bond donors (Lipinski definition) is 1. The normalized spacial score (nSPS) is 23.7. The van der Waals surface area contributed by atoms with Gasteiger partial charge in [0.1, 0.15) is 0 Å². The average Bonchev–Trinajstić information content (AvgIpc) is 2.06. The first-order valence-electron chi connectivity index (χ1n) is 4.85. The van der Waals surface area contributed by atoms with E-state index in [-0.39, 0.29) is 6.61 Å². The molecular weight excluding hydrogens is 150 g/mol. The van der Waals surface area contributed by atoms with Crippen LogP contribution in [-0.2, 0) is 0 Å². The van der Waals surface area contributed by atoms with Crippen molar-refractivity contribution < 1.29 is 5.11 Å². The number of nitriles is 1. The summed E-state index contributed by atoms with van der Waals surface area (Å²) >= 11 is 0. The van der Waals surface area contributed by atoms with E-state index < -0.39 is 5.41 Å². The van der Waals surface area contributed by atoms with Gasteiger partial charge in [0.05, 0.1) is 18.1 Å². The maximum atomic E-state index is 9.14. The van der Waals surface area contributed by atoms with Crippen molar-refractivity contribution in [3.8, 4) is 6.07 Å². The molecule has 1 fully saturated rings. The molecule has 0 radical (unpaired) electrons. The van der Waals surface area contributed by atoms with Crippen LogP contribution in [0.15, 0.2) is 0 Å². The largest absolute Gasteiger partial charge is 0.395 e. The maximum Gasteiger partial charge on any atom is 0.0804 e. The Labute approximate surface area is 74.2 Å². The first kappa shape index (κ1) is 9.54. The van der Waals surface area contributed by atoms with Gasteiger partial charge in [0.2, 0.25) is 0 Å². The minimum atomic E-state index is -0.402. The van der Waals surface area contributed by atoms with E-state index >= 15 is 0 Å². The van der Waals surface area contributed by atoms with Crippen LogP contribution in [0.25, 0.3) is 0 Å². The SMILES string of the molecule is N#CC1(CO)CCCCCCC1. The van der Waals surface area contributed by atoms with Gasteiger partial charge in [-0.3, -0.25) is 0 Å². The van der Waals surface area contributed by atoms with Crippen molar-refractivity contribution in [1.29, 1.82) is 5.26 Å². The van der Waals surface area contributed by atoms with Crippen molar-refractivity contribution in [1.82, 2.24) is 0 Å². The van der Waals surface area contributed by atoms with Gasteiger partial charge in [-0.15, -0.1) is 0 Å². The Morgan fingerprint density at radius 1 is 1.08 bits per heavy atom. The summed E-state index contributed by atoms with van der Waals surface area (Å²) in [6.07, 6.45) is 7.74. The molecule has 0 saturated heterocycles. The molecule has 2 nitrogen and oxygen atoms in total. The van der Waals surface area contributed by atoms with Crippen LogP contribution in [0, 0.1) is 16.7 Å². The van der Waals surface area contributed by atoms with Crippen molar-refractivity contribution >= 4 is 0 Å². The smallest absolute Gasteiger partial charge is 0.0804 e. The van der Waals surface area contributed by atoms with Crippen molar-refractivity contribution in [2.45, 2.75) is 44.9 Å². The summed E-state index contributed by atoms with van der Waals surface area (Å²) in [5, 5.41) is 18.1. The minimum absolute atomic E-state index is 0.0451. The highest BCUT2D eigenvalue weighted by Gasteiger charge is 2.28. The Kier molecular flexibility index (Phi) is 3.55. The van der Waals surface area contributed by atoms with E-state index in [1.165, 1.54) is 19.3 Å². The van der Waals surface area contributed by atoms with Gasteiger partial charge < -0.3 is 5.11 Å². The summed E-state index contributed by atoms with van der Waals surface area (Å²) in [5.41, 5.74) is -0.402. The topological polar surface area (TPSA) is 44.0 Å². The Morgan fingerprint density at radius 3 is 2.00 bits per heavy atom. The molecule has 2 heteroatoms. The van der Waals surface area contributed by atoms with E-state index in [4.69, 9.17) is 10.4 Å². The molecule has 0 heterocycles. The summed E-state index contributed by atoms with van der Waals surface area (Å²) in [6, 6.07) is 2.28. The molecule has 1 aliphatic rings. The van der Waals surface area contributed by atoms with Crippen molar-refractivity contribution in [2.75, 3.05) is 6.61 Å². The Balaban J connectivity index is 2.53. The molecule has 0 bridgehead atoms. The van der Waals surface area contributed by atoms with Crippen LogP contribution in [0.4, 0.5) is 0 Å². The quantitative estimate of drug-likeness (QED) is 0.650. The molecule has 0 atom stereocenters. The summed E-state index contributed by atoms with van der Waals surface area (Å²) in [7, 11) is 0. The van der Waals surface area contributed by atoms with Crippen LogP contribution in [0.1, 0.15) is 44.9 Å². The lowest BCUT2D eigenvalue weighted by molar-refractivity contribution is 0.144. The molecule has 1 aliphatic carbocycles. The second kappa shape index (κ2) is 4.47. The van der Waals surface area contributed by atoms with Crippen LogP contribution in [-0.4, -0.2) is 11.7 Å². The van der Waals surface area contributed by atoms with Gasteiger partial charge >= 0.3 is 0 Å². The number of aliphatic hydroxyl groups is 1. The second-order valence-corrected chi connectivity index (χ2v) is 3.82. The summed E-state index contributed by atoms with van der Waals surface area (Å²) < 4.78 is 0. The summed E-state index contributed by atoms with van der Waals surface area (Å²) in [4.78, 5) is 0. The van der Waals surface area contributed by atoms with E-state index in [1.807, 2.05) is 0 Å². The zero-order valence-electron chi connectivity index (χ0n) is 7.55. The van der Waals surface area contributed by atoms with Gasteiger partial charge in [0.25, 0.3) is 0 Å². The van der Waals surface area contributed by atoms with Gasteiger partial charge in [-0.25, -0.2) is 0 Å². The summed E-state index contributed by atoms with van der Waals surface area (Å²) in [6.45, 7) is 0.0451. The molecule has 0 unspecified atom stereocenters. The van der Waals surface area contributed by atoms with Crippen LogP contribution < -0.4 is 0 Å². The van der Waals surface area contributed by atoms with E-state index in [2.05, 4.69) is 6.07 Å². The second-order valence-electron chi connectivity index (χ2n) is 3.82. The molecule has 1 rings (SSSR count). The predicted molar refractivity (Wildman–Crippen MR) is 47.5 cm³/mol. The number of rotatable bonds is 1. The lowest BCUT2D eigenvalue weighted by Crippen LogP contribution is -2.24. The molecule has 1 N–H and O–H groups in total. The number of aliphatic hydroxyl groups excluding tert-OH is 1. The molecule has 12 heavy (non-hydrogen) atoms. The van der Waals surface area contributed by atoms with Gasteiger partial charge in [0, 0.05) is 0 Å². The fourth-order valence-corrected chi connectivity index (χ4v) is 1.89. The molecule has 0 aromatic rings. The lowest BCUT2D eigenvalue weighted by Gasteiger charge is -2.25. The van der Waals surface area contributed by atoms with Crippen LogP contribution in [0.2, 0.25) is 0 Å². The molecule has 0 aromatic heterocycles. The fraction of sp³-hybridized carbons (Fsp3) is 0.900. The molecule has 1 saturated carbocycles. The Bertz CT molecular complexity index is 163. The minimum Gasteiger partial charge on any atom is -0.395 e.